The highest BCUT2D eigenvalue weighted by molar-refractivity contribution is 5.95. The van der Waals surface area contributed by atoms with Gasteiger partial charge >= 0.3 is 0 Å². The average Bonchev–Trinajstić information content (AvgIpc) is 4.02. The summed E-state index contributed by atoms with van der Waals surface area (Å²) < 4.78 is 19.1. The van der Waals surface area contributed by atoms with Crippen molar-refractivity contribution in [3.8, 4) is 67.8 Å². The van der Waals surface area contributed by atoms with E-state index in [0.29, 0.717) is 11.8 Å². The molecule has 60 heavy (non-hydrogen) atoms. The third-order valence-corrected chi connectivity index (χ3v) is 12.4. The molecule has 0 amide bonds. The first-order chi connectivity index (χ1) is 29.7. The van der Waals surface area contributed by atoms with E-state index in [1.165, 1.54) is 44.5 Å². The summed E-state index contributed by atoms with van der Waals surface area (Å²) >= 11 is 0. The number of rotatable bonds is 4. The maximum atomic E-state index is 6.53. The van der Waals surface area contributed by atoms with Crippen molar-refractivity contribution in [2.45, 2.75) is 5.41 Å². The first-order valence-electron chi connectivity index (χ1n) is 20.2. The molecule has 0 bridgehead atoms. The van der Waals surface area contributed by atoms with Crippen molar-refractivity contribution in [3.63, 3.8) is 0 Å². The minimum atomic E-state index is -0.478. The molecule has 2 aliphatic rings. The molecule has 280 valence electrons. The Bertz CT molecular complexity index is 3350. The van der Waals surface area contributed by atoms with E-state index in [1.807, 2.05) is 54.6 Å². The van der Waals surface area contributed by atoms with Gasteiger partial charge in [0.15, 0.2) is 11.2 Å². The third kappa shape index (κ3) is 4.80. The molecular weight excluding hydrogens is 737 g/mol. The molecule has 0 saturated carbocycles. The Morgan fingerprint density at radius 1 is 0.333 bits per heavy atom. The Morgan fingerprint density at radius 3 is 1.42 bits per heavy atom. The highest BCUT2D eigenvalue weighted by Crippen LogP contribution is 2.62. The molecule has 0 radical (unpaired) electrons. The van der Waals surface area contributed by atoms with Crippen molar-refractivity contribution in [1.82, 2.24) is 9.97 Å². The van der Waals surface area contributed by atoms with Crippen LogP contribution in [0.5, 0.6) is 11.5 Å². The molecule has 5 heteroatoms. The maximum Gasteiger partial charge on any atom is 0.227 e. The van der Waals surface area contributed by atoms with Crippen LogP contribution in [0.2, 0.25) is 0 Å². The van der Waals surface area contributed by atoms with Crippen molar-refractivity contribution in [2.75, 3.05) is 0 Å². The van der Waals surface area contributed by atoms with Gasteiger partial charge in [0.1, 0.15) is 22.5 Å². The minimum Gasteiger partial charge on any atom is -0.457 e. The molecule has 11 aromatic rings. The van der Waals surface area contributed by atoms with Crippen LogP contribution in [0.1, 0.15) is 22.3 Å². The van der Waals surface area contributed by atoms with Crippen LogP contribution < -0.4 is 4.74 Å². The number of ether oxygens (including phenoxy) is 1. The molecule has 0 unspecified atom stereocenters. The number of benzene rings is 9. The van der Waals surface area contributed by atoms with Gasteiger partial charge in [0.05, 0.1) is 5.41 Å². The standard InChI is InChI=1S/C55H32N2O3/c1-2-12-43-41(11-1)42-32-37(25-26-44(42)55(43)45-13-3-7-17-49(45)58-50-18-8-4-14-46(50)55)35-22-21-34-28-36(24-23-33(34)27-35)38-29-39(53-56-47-15-5-9-19-51(47)59-53)31-40(30-38)54-57-48-16-6-10-20-52(48)60-54/h1-32H. The first-order valence-corrected chi connectivity index (χ1v) is 20.2. The van der Waals surface area contributed by atoms with Crippen LogP contribution in [0, 0.1) is 0 Å². The van der Waals surface area contributed by atoms with E-state index in [-0.39, 0.29) is 0 Å². The number of nitrogens with zero attached hydrogens (tertiary/aromatic N) is 2. The third-order valence-electron chi connectivity index (χ3n) is 12.4. The van der Waals surface area contributed by atoms with Crippen LogP contribution in [0.15, 0.2) is 203 Å². The van der Waals surface area contributed by atoms with Crippen LogP contribution in [0.3, 0.4) is 0 Å². The van der Waals surface area contributed by atoms with Crippen LogP contribution >= 0.6 is 0 Å². The van der Waals surface area contributed by atoms with Gasteiger partial charge in [0.2, 0.25) is 11.8 Å². The van der Waals surface area contributed by atoms with E-state index in [1.54, 1.807) is 0 Å². The van der Waals surface area contributed by atoms with E-state index in [9.17, 15) is 0 Å². The van der Waals surface area contributed by atoms with Gasteiger partial charge in [-0.25, -0.2) is 9.97 Å². The maximum absolute atomic E-state index is 6.53. The van der Waals surface area contributed by atoms with E-state index in [2.05, 4.69) is 140 Å². The number of para-hydroxylation sites is 6. The lowest BCUT2D eigenvalue weighted by molar-refractivity contribution is 0.436. The second-order valence-electron chi connectivity index (χ2n) is 15.7. The fourth-order valence-corrected chi connectivity index (χ4v) is 9.68. The lowest BCUT2D eigenvalue weighted by atomic mass is 9.66. The zero-order chi connectivity index (χ0) is 39.4. The number of fused-ring (bicyclic) bond motifs is 12. The van der Waals surface area contributed by atoms with Crippen LogP contribution in [0.4, 0.5) is 0 Å². The lowest BCUT2D eigenvalue weighted by Crippen LogP contribution is -2.32. The van der Waals surface area contributed by atoms with Gasteiger partial charge in [-0.3, -0.25) is 0 Å². The predicted octanol–water partition coefficient (Wildman–Crippen LogP) is 14.3. The molecule has 9 aromatic carbocycles. The first kappa shape index (κ1) is 33.0. The van der Waals surface area contributed by atoms with Crippen molar-refractivity contribution < 1.29 is 13.6 Å². The molecule has 0 fully saturated rings. The van der Waals surface area contributed by atoms with Gasteiger partial charge in [-0.2, -0.15) is 0 Å². The topological polar surface area (TPSA) is 61.3 Å². The smallest absolute Gasteiger partial charge is 0.227 e. The molecule has 0 N–H and O–H groups in total. The predicted molar refractivity (Wildman–Crippen MR) is 238 cm³/mol. The second kappa shape index (κ2) is 12.5. The highest BCUT2D eigenvalue weighted by Gasteiger charge is 2.50. The largest absolute Gasteiger partial charge is 0.457 e. The summed E-state index contributed by atoms with van der Waals surface area (Å²) in [6.07, 6.45) is 0. The molecule has 1 spiro atoms. The SMILES string of the molecule is c1ccc2c(c1)Oc1ccccc1C21c2ccccc2-c2cc(-c3ccc4cc(-c5cc(-c6nc7ccccc7o6)cc(-c6nc7ccccc7o6)c5)ccc4c3)ccc21. The number of hydrogen-bond donors (Lipinski definition) is 0. The molecular formula is C55H32N2O3. The van der Waals surface area contributed by atoms with E-state index in [0.717, 1.165) is 66.7 Å². The summed E-state index contributed by atoms with van der Waals surface area (Å²) in [6, 6.07) is 68.3. The molecule has 1 aliphatic carbocycles. The highest BCUT2D eigenvalue weighted by atomic mass is 16.5. The summed E-state index contributed by atoms with van der Waals surface area (Å²) in [5.41, 5.74) is 16.2. The number of hydrogen-bond acceptors (Lipinski definition) is 5. The second-order valence-corrected chi connectivity index (χ2v) is 15.7. The normalized spacial score (nSPS) is 13.3. The fraction of sp³-hybridized carbons (Fsp3) is 0.0182. The average molecular weight is 769 g/mol. The monoisotopic (exact) mass is 768 g/mol. The van der Waals surface area contributed by atoms with Crippen LogP contribution in [-0.2, 0) is 5.41 Å². The van der Waals surface area contributed by atoms with Gasteiger partial charge in [-0.05, 0) is 128 Å². The molecule has 0 saturated heterocycles. The summed E-state index contributed by atoms with van der Waals surface area (Å²) in [6.45, 7) is 0. The molecule has 0 atom stereocenters. The van der Waals surface area contributed by atoms with E-state index >= 15 is 0 Å². The zero-order valence-corrected chi connectivity index (χ0v) is 32.1. The number of aromatic nitrogens is 2. The Morgan fingerprint density at radius 2 is 0.800 bits per heavy atom. The van der Waals surface area contributed by atoms with Crippen molar-refractivity contribution in [3.05, 3.63) is 216 Å². The molecule has 3 heterocycles. The van der Waals surface area contributed by atoms with Crippen molar-refractivity contribution in [2.24, 2.45) is 0 Å². The number of oxazole rings is 2. The molecule has 1 aliphatic heterocycles. The van der Waals surface area contributed by atoms with Gasteiger partial charge < -0.3 is 13.6 Å². The molecule has 2 aromatic heterocycles. The summed E-state index contributed by atoms with van der Waals surface area (Å²) in [5, 5.41) is 2.31. The Kier molecular flexibility index (Phi) is 6.87. The summed E-state index contributed by atoms with van der Waals surface area (Å²) in [7, 11) is 0. The van der Waals surface area contributed by atoms with Crippen LogP contribution in [-0.4, -0.2) is 9.97 Å². The van der Waals surface area contributed by atoms with Gasteiger partial charge in [-0.15, -0.1) is 0 Å². The molecule has 13 rings (SSSR count). The van der Waals surface area contributed by atoms with Crippen molar-refractivity contribution in [1.29, 1.82) is 0 Å². The quantitative estimate of drug-likeness (QED) is 0.178. The van der Waals surface area contributed by atoms with Gasteiger partial charge in [0.25, 0.3) is 0 Å². The van der Waals surface area contributed by atoms with E-state index in [4.69, 9.17) is 23.5 Å². The van der Waals surface area contributed by atoms with Crippen molar-refractivity contribution >= 4 is 33.0 Å². The Balaban J connectivity index is 0.916. The zero-order valence-electron chi connectivity index (χ0n) is 32.1. The lowest BCUT2D eigenvalue weighted by Gasteiger charge is -2.39. The fourth-order valence-electron chi connectivity index (χ4n) is 9.68. The summed E-state index contributed by atoms with van der Waals surface area (Å²) in [4.78, 5) is 9.68. The van der Waals surface area contributed by atoms with Gasteiger partial charge in [-0.1, -0.05) is 121 Å². The Hall–Kier alpha value is -8.02. The molecule has 5 nitrogen and oxygen atoms in total. The van der Waals surface area contributed by atoms with Gasteiger partial charge in [0, 0.05) is 22.3 Å². The van der Waals surface area contributed by atoms with E-state index < -0.39 is 5.41 Å². The summed E-state index contributed by atoms with van der Waals surface area (Å²) in [5.74, 6) is 2.90. The minimum absolute atomic E-state index is 0.478. The van der Waals surface area contributed by atoms with Crippen LogP contribution in [0.25, 0.3) is 89.3 Å². The Labute approximate surface area is 344 Å².